The SMILES string of the molecule is C=C(/C=C(\OC)c1ccccc1)C(=O)NC1CC(C(=O)NNC(=O)COC)C1. The number of nitrogens with one attached hydrogen (secondary N) is 3. The minimum absolute atomic E-state index is 0.120. The normalized spacial score (nSPS) is 18.4. The highest BCUT2D eigenvalue weighted by Gasteiger charge is 2.35. The predicted molar refractivity (Wildman–Crippen MR) is 103 cm³/mol. The van der Waals surface area contributed by atoms with E-state index in [2.05, 4.69) is 27.5 Å². The number of carbonyl (C=O) groups is 3. The third-order valence-electron chi connectivity index (χ3n) is 4.32. The molecule has 0 spiro atoms. The molecule has 0 saturated heterocycles. The molecule has 3 N–H and O–H groups in total. The number of hydrogen-bond acceptors (Lipinski definition) is 5. The number of rotatable bonds is 8. The summed E-state index contributed by atoms with van der Waals surface area (Å²) in [5, 5.41) is 2.84. The lowest BCUT2D eigenvalue weighted by Gasteiger charge is -2.34. The van der Waals surface area contributed by atoms with Crippen LogP contribution in [0.5, 0.6) is 0 Å². The number of hydrogen-bond donors (Lipinski definition) is 3. The summed E-state index contributed by atoms with van der Waals surface area (Å²) in [5.74, 6) is -0.771. The number of hydrazine groups is 1. The van der Waals surface area contributed by atoms with E-state index in [1.54, 1.807) is 6.08 Å². The molecule has 8 nitrogen and oxygen atoms in total. The van der Waals surface area contributed by atoms with Crippen LogP contribution in [0.1, 0.15) is 18.4 Å². The summed E-state index contributed by atoms with van der Waals surface area (Å²) in [4.78, 5) is 35.5. The molecule has 3 amide bonds. The van der Waals surface area contributed by atoms with Gasteiger partial charge in [0.2, 0.25) is 5.91 Å². The quantitative estimate of drug-likeness (QED) is 0.266. The molecular weight excluding hydrogens is 362 g/mol. The molecule has 1 aromatic rings. The van der Waals surface area contributed by atoms with Crippen molar-refractivity contribution in [1.29, 1.82) is 0 Å². The highest BCUT2D eigenvalue weighted by atomic mass is 16.5. The van der Waals surface area contributed by atoms with Crippen molar-refractivity contribution in [2.75, 3.05) is 20.8 Å². The fourth-order valence-corrected chi connectivity index (χ4v) is 2.71. The average molecular weight is 387 g/mol. The Kier molecular flexibility index (Phi) is 7.76. The Bertz CT molecular complexity index is 754. The Labute approximate surface area is 163 Å². The van der Waals surface area contributed by atoms with Crippen molar-refractivity contribution in [3.63, 3.8) is 0 Å². The van der Waals surface area contributed by atoms with Crippen molar-refractivity contribution < 1.29 is 23.9 Å². The molecule has 0 bridgehead atoms. The zero-order chi connectivity index (χ0) is 20.5. The summed E-state index contributed by atoms with van der Waals surface area (Å²) in [6.07, 6.45) is 2.56. The van der Waals surface area contributed by atoms with Gasteiger partial charge in [0.15, 0.2) is 0 Å². The van der Waals surface area contributed by atoms with E-state index in [9.17, 15) is 14.4 Å². The van der Waals surface area contributed by atoms with E-state index < -0.39 is 5.91 Å². The van der Waals surface area contributed by atoms with Crippen LogP contribution < -0.4 is 16.2 Å². The molecule has 0 radical (unpaired) electrons. The van der Waals surface area contributed by atoms with Gasteiger partial charge in [-0.25, -0.2) is 0 Å². The second kappa shape index (κ2) is 10.3. The van der Waals surface area contributed by atoms with Crippen molar-refractivity contribution in [3.05, 3.63) is 54.1 Å². The lowest BCUT2D eigenvalue weighted by atomic mass is 9.79. The highest BCUT2D eigenvalue weighted by Crippen LogP contribution is 2.27. The molecule has 1 aliphatic rings. The first-order chi connectivity index (χ1) is 13.4. The first-order valence-electron chi connectivity index (χ1n) is 8.83. The van der Waals surface area contributed by atoms with Crippen molar-refractivity contribution in [2.24, 2.45) is 5.92 Å². The molecule has 1 saturated carbocycles. The minimum Gasteiger partial charge on any atom is -0.496 e. The van der Waals surface area contributed by atoms with Gasteiger partial charge in [0.25, 0.3) is 11.8 Å². The smallest absolute Gasteiger partial charge is 0.264 e. The summed E-state index contributed by atoms with van der Waals surface area (Å²) >= 11 is 0. The van der Waals surface area contributed by atoms with E-state index in [0.717, 1.165) is 5.56 Å². The largest absolute Gasteiger partial charge is 0.496 e. The first-order valence-corrected chi connectivity index (χ1v) is 8.83. The summed E-state index contributed by atoms with van der Waals surface area (Å²) in [7, 11) is 2.92. The van der Waals surface area contributed by atoms with Crippen LogP contribution in [0.3, 0.4) is 0 Å². The zero-order valence-corrected chi connectivity index (χ0v) is 16.0. The highest BCUT2D eigenvalue weighted by molar-refractivity contribution is 5.97. The Balaban J connectivity index is 1.78. The molecule has 0 aromatic heterocycles. The Hall–Kier alpha value is -3.13. The third kappa shape index (κ3) is 5.95. The number of ether oxygens (including phenoxy) is 2. The maximum Gasteiger partial charge on any atom is 0.264 e. The number of amides is 3. The second-order valence-electron chi connectivity index (χ2n) is 6.41. The lowest BCUT2D eigenvalue weighted by molar-refractivity contribution is -0.135. The van der Waals surface area contributed by atoms with Crippen LogP contribution in [-0.2, 0) is 23.9 Å². The lowest BCUT2D eigenvalue weighted by Crippen LogP contribution is -2.53. The molecule has 0 aliphatic heterocycles. The minimum atomic E-state index is -0.435. The van der Waals surface area contributed by atoms with E-state index in [4.69, 9.17) is 4.74 Å². The standard InChI is InChI=1S/C20H25N3O5/c1-13(9-17(28-3)14-7-5-4-6-8-14)19(25)21-16-10-15(11-16)20(26)23-22-18(24)12-27-2/h4-9,15-16H,1,10-12H2,2-3H3,(H,21,25)(H,22,24)(H,23,26)/b17-9-. The van der Waals surface area contributed by atoms with Crippen LogP contribution in [0.15, 0.2) is 48.6 Å². The third-order valence-corrected chi connectivity index (χ3v) is 4.32. The van der Waals surface area contributed by atoms with Crippen LogP contribution in [-0.4, -0.2) is 44.6 Å². The van der Waals surface area contributed by atoms with E-state index in [-0.39, 0.29) is 36.0 Å². The number of methoxy groups -OCH3 is 2. The Morgan fingerprint density at radius 3 is 2.43 bits per heavy atom. The second-order valence-corrected chi connectivity index (χ2v) is 6.41. The van der Waals surface area contributed by atoms with E-state index >= 15 is 0 Å². The molecule has 0 atom stereocenters. The van der Waals surface area contributed by atoms with E-state index in [1.165, 1.54) is 14.2 Å². The van der Waals surface area contributed by atoms with Crippen LogP contribution in [0, 0.1) is 5.92 Å². The van der Waals surface area contributed by atoms with Gasteiger partial charge < -0.3 is 14.8 Å². The molecule has 8 heteroatoms. The molecule has 1 fully saturated rings. The van der Waals surface area contributed by atoms with Crippen LogP contribution in [0.4, 0.5) is 0 Å². The molecule has 28 heavy (non-hydrogen) atoms. The van der Waals surface area contributed by atoms with Crippen LogP contribution in [0.2, 0.25) is 0 Å². The van der Waals surface area contributed by atoms with E-state index in [1.807, 2.05) is 30.3 Å². The monoisotopic (exact) mass is 387 g/mol. The van der Waals surface area contributed by atoms with Crippen molar-refractivity contribution >= 4 is 23.5 Å². The van der Waals surface area contributed by atoms with Crippen molar-refractivity contribution in [1.82, 2.24) is 16.2 Å². The number of benzene rings is 1. The predicted octanol–water partition coefficient (Wildman–Crippen LogP) is 0.919. The van der Waals surface area contributed by atoms with Gasteiger partial charge in [-0.1, -0.05) is 36.9 Å². The van der Waals surface area contributed by atoms with Crippen molar-refractivity contribution in [3.8, 4) is 0 Å². The van der Waals surface area contributed by atoms with Gasteiger partial charge in [0.05, 0.1) is 7.11 Å². The summed E-state index contributed by atoms with van der Waals surface area (Å²) in [5.41, 5.74) is 5.71. The van der Waals surface area contributed by atoms with Gasteiger partial charge in [-0.3, -0.25) is 25.2 Å². The van der Waals surface area contributed by atoms with Crippen molar-refractivity contribution in [2.45, 2.75) is 18.9 Å². The average Bonchev–Trinajstić information content (AvgIpc) is 2.67. The molecule has 2 rings (SSSR count). The summed E-state index contributed by atoms with van der Waals surface area (Å²) in [6.45, 7) is 3.66. The molecule has 0 heterocycles. The van der Waals surface area contributed by atoms with Gasteiger partial charge >= 0.3 is 0 Å². The molecule has 1 aliphatic carbocycles. The first kappa shape index (κ1) is 21.2. The Morgan fingerprint density at radius 2 is 1.82 bits per heavy atom. The number of carbonyl (C=O) groups excluding carboxylic acids is 3. The van der Waals surface area contributed by atoms with E-state index in [0.29, 0.717) is 18.6 Å². The van der Waals surface area contributed by atoms with Crippen LogP contribution >= 0.6 is 0 Å². The molecule has 150 valence electrons. The maximum absolute atomic E-state index is 12.3. The summed E-state index contributed by atoms with van der Waals surface area (Å²) in [6, 6.07) is 9.28. The topological polar surface area (TPSA) is 106 Å². The van der Waals surface area contributed by atoms with Gasteiger partial charge in [-0.05, 0) is 18.9 Å². The fourth-order valence-electron chi connectivity index (χ4n) is 2.71. The fraction of sp³-hybridized carbons (Fsp3) is 0.350. The van der Waals surface area contributed by atoms with Crippen LogP contribution in [0.25, 0.3) is 5.76 Å². The molecule has 0 unspecified atom stereocenters. The van der Waals surface area contributed by atoms with Gasteiger partial charge in [0, 0.05) is 30.2 Å². The van der Waals surface area contributed by atoms with Gasteiger partial charge in [-0.2, -0.15) is 0 Å². The molecular formula is C20H25N3O5. The zero-order valence-electron chi connectivity index (χ0n) is 16.0. The maximum atomic E-state index is 12.3. The van der Waals surface area contributed by atoms with Gasteiger partial charge in [0.1, 0.15) is 12.4 Å². The summed E-state index contributed by atoms with van der Waals surface area (Å²) < 4.78 is 9.99. The van der Waals surface area contributed by atoms with Gasteiger partial charge in [-0.15, -0.1) is 0 Å². The molecule has 1 aromatic carbocycles. The Morgan fingerprint density at radius 1 is 1.14 bits per heavy atom.